The Morgan fingerprint density at radius 2 is 1.90 bits per heavy atom. The van der Waals surface area contributed by atoms with E-state index in [2.05, 4.69) is 48.9 Å². The second-order valence-corrected chi connectivity index (χ2v) is 13.7. The van der Waals surface area contributed by atoms with Crippen LogP contribution in [0.1, 0.15) is 102 Å². The van der Waals surface area contributed by atoms with E-state index < -0.39 is 5.41 Å². The molecule has 7 heteroatoms. The highest BCUT2D eigenvalue weighted by Gasteiger charge is 2.38. The Hall–Kier alpha value is -2.15. The van der Waals surface area contributed by atoms with Gasteiger partial charge in [0.25, 0.3) is 5.91 Å². The van der Waals surface area contributed by atoms with Gasteiger partial charge in [0, 0.05) is 24.5 Å². The van der Waals surface area contributed by atoms with Crippen LogP contribution in [0.4, 0.5) is 0 Å². The summed E-state index contributed by atoms with van der Waals surface area (Å²) in [5.41, 5.74) is 1.23. The zero-order valence-electron chi connectivity index (χ0n) is 25.1. The van der Waals surface area contributed by atoms with Gasteiger partial charge in [0.05, 0.1) is 17.5 Å². The van der Waals surface area contributed by atoms with Gasteiger partial charge in [-0.25, -0.2) is 0 Å². The molecule has 1 saturated heterocycles. The maximum absolute atomic E-state index is 13.7. The predicted molar refractivity (Wildman–Crippen MR) is 157 cm³/mol. The van der Waals surface area contributed by atoms with Crippen molar-refractivity contribution in [3.8, 4) is 0 Å². The number of rotatable bonds is 11. The first-order valence-corrected chi connectivity index (χ1v) is 15.6. The molecular weight excluding hydrogens is 486 g/mol. The number of carbonyl (C=O) groups excluding carboxylic acids is 2. The predicted octanol–water partition coefficient (Wildman–Crippen LogP) is 5.11. The first-order valence-electron chi connectivity index (χ1n) is 15.6. The summed E-state index contributed by atoms with van der Waals surface area (Å²) < 4.78 is 2.00. The highest BCUT2D eigenvalue weighted by Crippen LogP contribution is 2.39. The maximum atomic E-state index is 13.7. The Balaban J connectivity index is 1.41. The Labute approximate surface area is 236 Å². The molecule has 2 fully saturated rings. The van der Waals surface area contributed by atoms with Gasteiger partial charge in [-0.15, -0.1) is 0 Å². The van der Waals surface area contributed by atoms with Crippen LogP contribution in [-0.4, -0.2) is 47.3 Å². The van der Waals surface area contributed by atoms with E-state index in [1.165, 1.54) is 12.8 Å². The van der Waals surface area contributed by atoms with E-state index in [4.69, 9.17) is 5.10 Å². The first-order chi connectivity index (χ1) is 18.6. The topological polar surface area (TPSA) is 88.0 Å². The molecule has 2 heterocycles. The molecule has 4 rings (SSSR count). The first kappa shape index (κ1) is 29.8. The third-order valence-corrected chi connectivity index (χ3v) is 9.52. The van der Waals surface area contributed by atoms with Crippen LogP contribution >= 0.6 is 0 Å². The molecule has 2 amide bonds. The van der Waals surface area contributed by atoms with E-state index in [1.807, 2.05) is 18.5 Å². The molecule has 0 aromatic carbocycles. The monoisotopic (exact) mass is 539 g/mol. The van der Waals surface area contributed by atoms with E-state index >= 15 is 0 Å². The highest BCUT2D eigenvalue weighted by molar-refractivity contribution is 5.95. The largest absolute Gasteiger partial charge is 0.355 e. The van der Waals surface area contributed by atoms with Crippen LogP contribution < -0.4 is 16.0 Å². The van der Waals surface area contributed by atoms with Gasteiger partial charge in [-0.1, -0.05) is 46.8 Å². The molecule has 1 aromatic heterocycles. The number of amides is 2. The second kappa shape index (κ2) is 13.5. The van der Waals surface area contributed by atoms with Gasteiger partial charge >= 0.3 is 0 Å². The maximum Gasteiger partial charge on any atom is 0.254 e. The summed E-state index contributed by atoms with van der Waals surface area (Å²) in [6.07, 6.45) is 15.8. The highest BCUT2D eigenvalue weighted by atomic mass is 16.2. The van der Waals surface area contributed by atoms with Crippen LogP contribution in [0.3, 0.4) is 0 Å². The Morgan fingerprint density at radius 1 is 1.15 bits per heavy atom. The SMILES string of the molecule is CC(C)CCc1c(C(=O)NC2C3C/C=C/C(C)CC2CC3)cnn1CCC(C)(C)C(=O)NCC1CCNCC1. The Bertz CT molecular complexity index is 991. The molecule has 7 nitrogen and oxygen atoms in total. The third kappa shape index (κ3) is 7.96. The minimum Gasteiger partial charge on any atom is -0.355 e. The van der Waals surface area contributed by atoms with Crippen molar-refractivity contribution >= 4 is 11.8 Å². The fourth-order valence-electron chi connectivity index (χ4n) is 6.75. The smallest absolute Gasteiger partial charge is 0.254 e. The minimum absolute atomic E-state index is 0.0260. The summed E-state index contributed by atoms with van der Waals surface area (Å²) in [6.45, 7) is 14.2. The zero-order valence-corrected chi connectivity index (χ0v) is 25.1. The van der Waals surface area contributed by atoms with Crippen LogP contribution in [-0.2, 0) is 17.8 Å². The molecule has 1 aromatic rings. The lowest BCUT2D eigenvalue weighted by Crippen LogP contribution is -2.42. The fraction of sp³-hybridized carbons (Fsp3) is 0.781. The zero-order chi connectivity index (χ0) is 28.0. The van der Waals surface area contributed by atoms with Crippen LogP contribution in [0.2, 0.25) is 0 Å². The molecule has 1 aliphatic heterocycles. The molecule has 4 atom stereocenters. The molecule has 3 N–H and O–H groups in total. The van der Waals surface area contributed by atoms with Crippen LogP contribution in [0.15, 0.2) is 18.3 Å². The summed E-state index contributed by atoms with van der Waals surface area (Å²) in [4.78, 5) is 26.8. The molecule has 4 unspecified atom stereocenters. The standard InChI is InChI=1S/C32H53N5O2/c1-22(2)9-12-28-27(30(38)36-29-25-8-6-7-23(3)19-26(29)11-10-25)21-35-37(28)18-15-32(4,5)31(39)34-20-24-13-16-33-17-14-24/h6-7,21-26,29,33H,8-20H2,1-5H3,(H,34,39)(H,36,38)/b7-6+. The summed E-state index contributed by atoms with van der Waals surface area (Å²) in [6, 6.07) is 0.244. The number of aryl methyl sites for hydroxylation is 1. The number of carbonyl (C=O) groups is 2. The number of hydrogen-bond donors (Lipinski definition) is 3. The van der Waals surface area contributed by atoms with Gasteiger partial charge in [-0.3, -0.25) is 14.3 Å². The lowest BCUT2D eigenvalue weighted by Gasteiger charge is -2.29. The summed E-state index contributed by atoms with van der Waals surface area (Å²) in [7, 11) is 0. The second-order valence-electron chi connectivity index (χ2n) is 13.7. The van der Waals surface area contributed by atoms with Crippen molar-refractivity contribution in [3.05, 3.63) is 29.6 Å². The number of piperidine rings is 1. The minimum atomic E-state index is -0.501. The quantitative estimate of drug-likeness (QED) is 0.341. The van der Waals surface area contributed by atoms with Crippen LogP contribution in [0.25, 0.3) is 0 Å². The number of hydrogen-bond acceptors (Lipinski definition) is 4. The molecule has 2 aliphatic carbocycles. The molecule has 0 spiro atoms. The van der Waals surface area contributed by atoms with Crippen molar-refractivity contribution in [1.29, 1.82) is 0 Å². The molecular formula is C32H53N5O2. The molecule has 0 radical (unpaired) electrons. The normalized spacial score (nSPS) is 26.7. The van der Waals surface area contributed by atoms with E-state index in [0.717, 1.165) is 63.9 Å². The van der Waals surface area contributed by atoms with E-state index in [9.17, 15) is 9.59 Å². The Kier molecular flexibility index (Phi) is 10.3. The van der Waals surface area contributed by atoms with Crippen molar-refractivity contribution < 1.29 is 9.59 Å². The van der Waals surface area contributed by atoms with E-state index in [1.54, 1.807) is 6.20 Å². The van der Waals surface area contributed by atoms with E-state index in [-0.39, 0.29) is 17.9 Å². The average Bonchev–Trinajstić information content (AvgIpc) is 3.50. The fourth-order valence-corrected chi connectivity index (χ4v) is 6.75. The number of aromatic nitrogens is 2. The number of nitrogens with zero attached hydrogens (tertiary/aromatic N) is 2. The Morgan fingerprint density at radius 3 is 2.64 bits per heavy atom. The van der Waals surface area contributed by atoms with Crippen molar-refractivity contribution in [1.82, 2.24) is 25.7 Å². The molecule has 39 heavy (non-hydrogen) atoms. The molecule has 3 aliphatic rings. The summed E-state index contributed by atoms with van der Waals surface area (Å²) in [5, 5.41) is 14.8. The van der Waals surface area contributed by atoms with E-state index in [0.29, 0.717) is 48.1 Å². The van der Waals surface area contributed by atoms with Gasteiger partial charge < -0.3 is 16.0 Å². The number of fused-ring (bicyclic) bond motifs is 2. The van der Waals surface area contributed by atoms with Gasteiger partial charge in [0.1, 0.15) is 0 Å². The molecule has 2 bridgehead atoms. The third-order valence-electron chi connectivity index (χ3n) is 9.52. The van der Waals surface area contributed by atoms with Crippen LogP contribution in [0.5, 0.6) is 0 Å². The van der Waals surface area contributed by atoms with Crippen molar-refractivity contribution in [2.75, 3.05) is 19.6 Å². The van der Waals surface area contributed by atoms with Gasteiger partial charge in [-0.2, -0.15) is 5.10 Å². The molecule has 1 saturated carbocycles. The van der Waals surface area contributed by atoms with Crippen molar-refractivity contribution in [2.45, 2.75) is 105 Å². The lowest BCUT2D eigenvalue weighted by atomic mass is 9.85. The van der Waals surface area contributed by atoms with Gasteiger partial charge in [0.15, 0.2) is 0 Å². The number of nitrogens with one attached hydrogen (secondary N) is 3. The molecule has 218 valence electrons. The van der Waals surface area contributed by atoms with Crippen LogP contribution in [0, 0.1) is 35.0 Å². The number of allylic oxidation sites excluding steroid dienone is 2. The lowest BCUT2D eigenvalue weighted by molar-refractivity contribution is -0.130. The van der Waals surface area contributed by atoms with Gasteiger partial charge in [0.2, 0.25) is 5.91 Å². The van der Waals surface area contributed by atoms with Crippen molar-refractivity contribution in [3.63, 3.8) is 0 Å². The average molecular weight is 540 g/mol. The van der Waals surface area contributed by atoms with Crippen molar-refractivity contribution in [2.24, 2.45) is 35.0 Å². The summed E-state index contributed by atoms with van der Waals surface area (Å²) in [5.74, 6) is 2.89. The van der Waals surface area contributed by atoms with Gasteiger partial charge in [-0.05, 0) is 100 Å². The summed E-state index contributed by atoms with van der Waals surface area (Å²) >= 11 is 0.